The number of aryl methyl sites for hydroxylation is 2. The molecule has 2 rings (SSSR count). The number of amides is 1. The Balaban J connectivity index is 2.14. The number of carbonyl (C=O) groups is 1. The van der Waals surface area contributed by atoms with Crippen LogP contribution >= 0.6 is 0 Å². The molecule has 6 heteroatoms. The maximum absolute atomic E-state index is 11.5. The van der Waals surface area contributed by atoms with Crippen LogP contribution in [0, 0.1) is 25.2 Å². The van der Waals surface area contributed by atoms with Crippen molar-refractivity contribution in [2.45, 2.75) is 20.5 Å². The van der Waals surface area contributed by atoms with Gasteiger partial charge in [-0.15, -0.1) is 0 Å². The van der Waals surface area contributed by atoms with Crippen molar-refractivity contribution >= 4 is 5.91 Å². The SMILES string of the molecule is Cc1ccc(C#N)cc1OCc1cc(C(=O)NN)c(C)o1. The Hall–Kier alpha value is -2.78. The summed E-state index contributed by atoms with van der Waals surface area (Å²) in [6.07, 6.45) is 0. The molecule has 0 fully saturated rings. The van der Waals surface area contributed by atoms with E-state index in [4.69, 9.17) is 20.3 Å². The second kappa shape index (κ2) is 6.11. The molecule has 21 heavy (non-hydrogen) atoms. The van der Waals surface area contributed by atoms with Gasteiger partial charge >= 0.3 is 0 Å². The summed E-state index contributed by atoms with van der Waals surface area (Å²) >= 11 is 0. The summed E-state index contributed by atoms with van der Waals surface area (Å²) in [6, 6.07) is 8.85. The number of ether oxygens (including phenoxy) is 1. The first-order chi connectivity index (χ1) is 10.0. The highest BCUT2D eigenvalue weighted by Gasteiger charge is 2.14. The Labute approximate surface area is 122 Å². The Bertz CT molecular complexity index is 713. The highest BCUT2D eigenvalue weighted by atomic mass is 16.5. The molecule has 0 unspecified atom stereocenters. The van der Waals surface area contributed by atoms with Gasteiger partial charge in [-0.05, 0) is 37.6 Å². The van der Waals surface area contributed by atoms with E-state index in [1.54, 1.807) is 25.1 Å². The molecule has 0 saturated heterocycles. The van der Waals surface area contributed by atoms with Gasteiger partial charge in [0.1, 0.15) is 23.9 Å². The van der Waals surface area contributed by atoms with Crippen LogP contribution in [0.2, 0.25) is 0 Å². The molecule has 0 saturated carbocycles. The summed E-state index contributed by atoms with van der Waals surface area (Å²) in [5, 5.41) is 8.89. The maximum atomic E-state index is 11.5. The van der Waals surface area contributed by atoms with Crippen LogP contribution in [-0.4, -0.2) is 5.91 Å². The molecule has 1 amide bonds. The molecule has 2 aromatic rings. The summed E-state index contributed by atoms with van der Waals surface area (Å²) in [5.74, 6) is 6.27. The van der Waals surface area contributed by atoms with Gasteiger partial charge < -0.3 is 9.15 Å². The number of nitrogen functional groups attached to an aromatic ring is 1. The third-order valence-electron chi connectivity index (χ3n) is 3.03. The number of hydrogen-bond acceptors (Lipinski definition) is 5. The molecule has 6 nitrogen and oxygen atoms in total. The molecule has 3 N–H and O–H groups in total. The fraction of sp³-hybridized carbons (Fsp3) is 0.200. The van der Waals surface area contributed by atoms with E-state index in [-0.39, 0.29) is 6.61 Å². The summed E-state index contributed by atoms with van der Waals surface area (Å²) < 4.78 is 11.1. The van der Waals surface area contributed by atoms with Gasteiger partial charge in [0.05, 0.1) is 17.2 Å². The van der Waals surface area contributed by atoms with Gasteiger partial charge in [0.15, 0.2) is 0 Å². The average Bonchev–Trinajstić information content (AvgIpc) is 2.86. The van der Waals surface area contributed by atoms with Crippen molar-refractivity contribution in [1.82, 2.24) is 5.43 Å². The van der Waals surface area contributed by atoms with Crippen LogP contribution in [0.1, 0.15) is 33.0 Å². The molecule has 108 valence electrons. The molecule has 1 heterocycles. The Morgan fingerprint density at radius 3 is 2.86 bits per heavy atom. The van der Waals surface area contributed by atoms with E-state index in [0.717, 1.165) is 5.56 Å². The number of nitrogens with one attached hydrogen (secondary N) is 1. The van der Waals surface area contributed by atoms with Crippen LogP contribution in [0.15, 0.2) is 28.7 Å². The lowest BCUT2D eigenvalue weighted by molar-refractivity contribution is 0.0952. The molecule has 0 bridgehead atoms. The lowest BCUT2D eigenvalue weighted by Gasteiger charge is -2.07. The fourth-order valence-electron chi connectivity index (χ4n) is 1.89. The van der Waals surface area contributed by atoms with Crippen molar-refractivity contribution < 1.29 is 13.9 Å². The molecule has 0 aliphatic heterocycles. The monoisotopic (exact) mass is 285 g/mol. The zero-order chi connectivity index (χ0) is 15.4. The molecule has 1 aromatic carbocycles. The van der Waals surface area contributed by atoms with Gasteiger partial charge in [0.25, 0.3) is 5.91 Å². The minimum Gasteiger partial charge on any atom is -0.485 e. The molecule has 0 radical (unpaired) electrons. The summed E-state index contributed by atoms with van der Waals surface area (Å²) in [7, 11) is 0. The fourth-order valence-corrected chi connectivity index (χ4v) is 1.89. The van der Waals surface area contributed by atoms with Crippen LogP contribution in [0.25, 0.3) is 0 Å². The third kappa shape index (κ3) is 3.22. The smallest absolute Gasteiger partial charge is 0.268 e. The Morgan fingerprint density at radius 1 is 1.43 bits per heavy atom. The number of nitrogens with two attached hydrogens (primary N) is 1. The van der Waals surface area contributed by atoms with Crippen molar-refractivity contribution in [2.24, 2.45) is 5.84 Å². The van der Waals surface area contributed by atoms with Crippen LogP contribution in [0.4, 0.5) is 0 Å². The number of benzene rings is 1. The standard InChI is InChI=1S/C15H15N3O3/c1-9-3-4-11(7-16)5-14(9)20-8-12-6-13(10(2)21-12)15(19)18-17/h3-6H,8,17H2,1-2H3,(H,18,19). The van der Waals surface area contributed by atoms with Crippen molar-refractivity contribution in [3.05, 3.63) is 52.5 Å². The van der Waals surface area contributed by atoms with E-state index in [9.17, 15) is 4.79 Å². The number of carbonyl (C=O) groups excluding carboxylic acids is 1. The van der Waals surface area contributed by atoms with Gasteiger partial charge in [-0.25, -0.2) is 5.84 Å². The molecular weight excluding hydrogens is 270 g/mol. The van der Waals surface area contributed by atoms with Gasteiger partial charge in [0, 0.05) is 0 Å². The zero-order valence-corrected chi connectivity index (χ0v) is 11.8. The van der Waals surface area contributed by atoms with Gasteiger partial charge in [-0.3, -0.25) is 10.2 Å². The number of hydrogen-bond donors (Lipinski definition) is 2. The number of hydrazine groups is 1. The molecule has 0 aliphatic carbocycles. The second-order valence-corrected chi connectivity index (χ2v) is 4.54. The van der Waals surface area contributed by atoms with Crippen LogP contribution in [0.3, 0.4) is 0 Å². The number of nitrogens with zero attached hydrogens (tertiary/aromatic N) is 1. The highest BCUT2D eigenvalue weighted by molar-refractivity contribution is 5.94. The normalized spacial score (nSPS) is 10.0. The molecular formula is C15H15N3O3. The van der Waals surface area contributed by atoms with Crippen molar-refractivity contribution in [3.8, 4) is 11.8 Å². The van der Waals surface area contributed by atoms with Gasteiger partial charge in [-0.1, -0.05) is 6.07 Å². The van der Waals surface area contributed by atoms with Crippen molar-refractivity contribution in [3.63, 3.8) is 0 Å². The van der Waals surface area contributed by atoms with E-state index in [1.165, 1.54) is 0 Å². The summed E-state index contributed by atoms with van der Waals surface area (Å²) in [6.45, 7) is 3.72. The number of nitriles is 1. The molecule has 0 atom stereocenters. The first-order valence-corrected chi connectivity index (χ1v) is 6.29. The molecule has 0 aliphatic rings. The largest absolute Gasteiger partial charge is 0.485 e. The topological polar surface area (TPSA) is 101 Å². The predicted molar refractivity (Wildman–Crippen MR) is 75.3 cm³/mol. The van der Waals surface area contributed by atoms with Gasteiger partial charge in [0.2, 0.25) is 0 Å². The lowest BCUT2D eigenvalue weighted by Crippen LogP contribution is -2.30. The Kier molecular flexibility index (Phi) is 4.26. The Morgan fingerprint density at radius 2 is 2.19 bits per heavy atom. The predicted octanol–water partition coefficient (Wildman–Crippen LogP) is 1.95. The van der Waals surface area contributed by atoms with E-state index in [0.29, 0.717) is 28.4 Å². The van der Waals surface area contributed by atoms with Crippen molar-refractivity contribution in [2.75, 3.05) is 0 Å². The summed E-state index contributed by atoms with van der Waals surface area (Å²) in [5.41, 5.74) is 3.87. The van der Waals surface area contributed by atoms with E-state index in [2.05, 4.69) is 11.5 Å². The number of furan rings is 1. The van der Waals surface area contributed by atoms with Crippen LogP contribution in [-0.2, 0) is 6.61 Å². The highest BCUT2D eigenvalue weighted by Crippen LogP contribution is 2.22. The van der Waals surface area contributed by atoms with Crippen LogP contribution < -0.4 is 16.0 Å². The molecule has 0 spiro atoms. The second-order valence-electron chi connectivity index (χ2n) is 4.54. The maximum Gasteiger partial charge on any atom is 0.268 e. The van der Waals surface area contributed by atoms with E-state index < -0.39 is 5.91 Å². The minimum atomic E-state index is -0.412. The summed E-state index contributed by atoms with van der Waals surface area (Å²) in [4.78, 5) is 11.5. The first kappa shape index (κ1) is 14.6. The first-order valence-electron chi connectivity index (χ1n) is 6.29. The van der Waals surface area contributed by atoms with E-state index >= 15 is 0 Å². The van der Waals surface area contributed by atoms with E-state index in [1.807, 2.05) is 13.0 Å². The van der Waals surface area contributed by atoms with Crippen molar-refractivity contribution in [1.29, 1.82) is 5.26 Å². The quantitative estimate of drug-likeness (QED) is 0.508. The minimum absolute atomic E-state index is 0.161. The zero-order valence-electron chi connectivity index (χ0n) is 11.8. The lowest BCUT2D eigenvalue weighted by atomic mass is 10.1. The van der Waals surface area contributed by atoms with Crippen LogP contribution in [0.5, 0.6) is 5.75 Å². The average molecular weight is 285 g/mol. The third-order valence-corrected chi connectivity index (χ3v) is 3.03. The van der Waals surface area contributed by atoms with Gasteiger partial charge in [-0.2, -0.15) is 5.26 Å². The number of rotatable bonds is 4. The molecule has 1 aromatic heterocycles.